The van der Waals surface area contributed by atoms with E-state index in [9.17, 15) is 37.3 Å². The highest BCUT2D eigenvalue weighted by Crippen LogP contribution is 2.34. The summed E-state index contributed by atoms with van der Waals surface area (Å²) in [6, 6.07) is 7.05. The predicted molar refractivity (Wildman–Crippen MR) is 93.0 cm³/mol. The molecular weight excluding hydrogens is 400 g/mol. The van der Waals surface area contributed by atoms with Gasteiger partial charge in [-0.25, -0.2) is 4.39 Å². The third kappa shape index (κ3) is 6.45. The lowest BCUT2D eigenvalue weighted by Crippen LogP contribution is -2.40. The Morgan fingerprint density at radius 2 is 1.79 bits per heavy atom. The average Bonchev–Trinajstić information content (AvgIpc) is 2.63. The van der Waals surface area contributed by atoms with Crippen molar-refractivity contribution < 1.29 is 32.1 Å². The second-order valence-corrected chi connectivity index (χ2v) is 5.74. The van der Waals surface area contributed by atoms with Crippen LogP contribution < -0.4 is 16.2 Å². The van der Waals surface area contributed by atoms with Crippen LogP contribution in [0.5, 0.6) is 0 Å². The van der Waals surface area contributed by atoms with Gasteiger partial charge in [-0.15, -0.1) is 0 Å². The van der Waals surface area contributed by atoms with E-state index in [1.807, 2.05) is 5.43 Å². The Labute approximate surface area is 161 Å². The fourth-order valence-corrected chi connectivity index (χ4v) is 2.22. The fourth-order valence-electron chi connectivity index (χ4n) is 2.22. The van der Waals surface area contributed by atoms with Crippen molar-refractivity contribution in [3.8, 4) is 0 Å². The second kappa shape index (κ2) is 8.99. The number of rotatable bonds is 7. The molecule has 0 saturated heterocycles. The van der Waals surface area contributed by atoms with Crippen LogP contribution in [0.4, 0.5) is 28.9 Å². The molecule has 0 atom stereocenters. The number of nitrogens with zero attached hydrogens (tertiary/aromatic N) is 1. The van der Waals surface area contributed by atoms with Gasteiger partial charge in [-0.1, -0.05) is 12.1 Å². The number of hydrazine groups is 1. The van der Waals surface area contributed by atoms with Gasteiger partial charge in [0.05, 0.1) is 23.5 Å². The van der Waals surface area contributed by atoms with Crippen LogP contribution in [0.3, 0.4) is 0 Å². The first kappa shape index (κ1) is 21.6. The van der Waals surface area contributed by atoms with E-state index in [1.165, 1.54) is 18.2 Å². The van der Waals surface area contributed by atoms with Crippen LogP contribution in [0.2, 0.25) is 0 Å². The molecule has 12 heteroatoms. The van der Waals surface area contributed by atoms with Gasteiger partial charge in [0, 0.05) is 6.07 Å². The molecule has 2 amide bonds. The predicted octanol–water partition coefficient (Wildman–Crippen LogP) is 2.55. The number of hydrogen-bond acceptors (Lipinski definition) is 5. The van der Waals surface area contributed by atoms with Gasteiger partial charge in [-0.05, 0) is 29.8 Å². The minimum Gasteiger partial charge on any atom is -0.347 e. The molecule has 0 unspecified atom stereocenters. The van der Waals surface area contributed by atoms with Crippen molar-refractivity contribution in [2.24, 2.45) is 0 Å². The molecule has 0 saturated carbocycles. The second-order valence-electron chi connectivity index (χ2n) is 5.74. The molecule has 0 spiro atoms. The Kier molecular flexibility index (Phi) is 6.70. The zero-order chi connectivity index (χ0) is 21.6. The molecule has 154 valence electrons. The molecule has 2 rings (SSSR count). The number of hydrogen-bond donors (Lipinski definition) is 3. The van der Waals surface area contributed by atoms with Crippen LogP contribution >= 0.6 is 0 Å². The highest BCUT2D eigenvalue weighted by molar-refractivity contribution is 5.86. The molecule has 0 aliphatic carbocycles. The van der Waals surface area contributed by atoms with Gasteiger partial charge >= 0.3 is 6.18 Å². The number of carbonyl (C=O) groups excluding carboxylic acids is 2. The maximum Gasteiger partial charge on any atom is 0.416 e. The minimum absolute atomic E-state index is 0.178. The molecule has 2 aromatic rings. The Morgan fingerprint density at radius 1 is 1.07 bits per heavy atom. The van der Waals surface area contributed by atoms with Crippen molar-refractivity contribution in [3.63, 3.8) is 0 Å². The number of anilines is 1. The van der Waals surface area contributed by atoms with E-state index in [0.717, 1.165) is 12.1 Å². The standard InChI is InChI=1S/C17H14F4N4O4/c18-12-3-1-2-10(6-12)7-15(26)22-9-16(27)24-23-13-5-4-11(17(19,20)21)8-14(13)25(28)29/h1-6,8,23H,7,9H2,(H,22,26)(H,24,27). The van der Waals surface area contributed by atoms with Crippen molar-refractivity contribution in [2.75, 3.05) is 12.0 Å². The fraction of sp³-hybridized carbons (Fsp3) is 0.176. The number of carbonyl (C=O) groups is 2. The first-order valence-electron chi connectivity index (χ1n) is 7.98. The Morgan fingerprint density at radius 3 is 2.41 bits per heavy atom. The van der Waals surface area contributed by atoms with Crippen molar-refractivity contribution in [2.45, 2.75) is 12.6 Å². The maximum absolute atomic E-state index is 13.1. The maximum atomic E-state index is 13.1. The third-order valence-electron chi connectivity index (χ3n) is 3.56. The van der Waals surface area contributed by atoms with E-state index >= 15 is 0 Å². The molecule has 0 bridgehead atoms. The highest BCUT2D eigenvalue weighted by Gasteiger charge is 2.33. The van der Waals surface area contributed by atoms with Gasteiger partial charge < -0.3 is 5.32 Å². The van der Waals surface area contributed by atoms with Crippen LogP contribution in [-0.4, -0.2) is 23.3 Å². The molecule has 0 aromatic heterocycles. The summed E-state index contributed by atoms with van der Waals surface area (Å²) in [5, 5.41) is 13.2. The van der Waals surface area contributed by atoms with E-state index in [2.05, 4.69) is 10.7 Å². The average molecular weight is 414 g/mol. The Hall–Kier alpha value is -3.70. The molecule has 0 heterocycles. The van der Waals surface area contributed by atoms with Crippen LogP contribution in [-0.2, 0) is 22.2 Å². The van der Waals surface area contributed by atoms with E-state index < -0.39 is 46.5 Å². The van der Waals surface area contributed by atoms with E-state index in [4.69, 9.17) is 0 Å². The van der Waals surface area contributed by atoms with Crippen molar-refractivity contribution in [1.29, 1.82) is 0 Å². The van der Waals surface area contributed by atoms with Gasteiger partial charge in [0.2, 0.25) is 5.91 Å². The van der Waals surface area contributed by atoms with Crippen LogP contribution in [0.15, 0.2) is 42.5 Å². The molecule has 0 aliphatic heterocycles. The van der Waals surface area contributed by atoms with E-state index in [1.54, 1.807) is 0 Å². The van der Waals surface area contributed by atoms with Gasteiger partial charge in [0.1, 0.15) is 11.5 Å². The van der Waals surface area contributed by atoms with Crippen LogP contribution in [0.1, 0.15) is 11.1 Å². The number of halogens is 4. The summed E-state index contributed by atoms with van der Waals surface area (Å²) >= 11 is 0. The summed E-state index contributed by atoms with van der Waals surface area (Å²) in [6.07, 6.45) is -4.94. The molecular formula is C17H14F4N4O4. The molecule has 0 aliphatic rings. The minimum atomic E-state index is -4.77. The van der Waals surface area contributed by atoms with Crippen molar-refractivity contribution in [3.05, 3.63) is 69.5 Å². The lowest BCUT2D eigenvalue weighted by Gasteiger charge is -2.12. The van der Waals surface area contributed by atoms with Crippen molar-refractivity contribution in [1.82, 2.24) is 10.7 Å². The Balaban J connectivity index is 1.90. The monoisotopic (exact) mass is 414 g/mol. The number of benzene rings is 2. The molecule has 0 fully saturated rings. The zero-order valence-corrected chi connectivity index (χ0v) is 14.5. The van der Waals surface area contributed by atoms with Gasteiger partial charge in [0.15, 0.2) is 0 Å². The molecule has 8 nitrogen and oxygen atoms in total. The molecule has 29 heavy (non-hydrogen) atoms. The number of nitro groups is 1. The highest BCUT2D eigenvalue weighted by atomic mass is 19.4. The largest absolute Gasteiger partial charge is 0.416 e. The smallest absolute Gasteiger partial charge is 0.347 e. The molecule has 2 aromatic carbocycles. The first-order chi connectivity index (χ1) is 13.6. The number of alkyl halides is 3. The Bertz CT molecular complexity index is 934. The van der Waals surface area contributed by atoms with Crippen molar-refractivity contribution >= 4 is 23.2 Å². The van der Waals surface area contributed by atoms with Crippen LogP contribution in [0, 0.1) is 15.9 Å². The lowest BCUT2D eigenvalue weighted by molar-refractivity contribution is -0.384. The number of amides is 2. The third-order valence-corrected chi connectivity index (χ3v) is 3.56. The van der Waals surface area contributed by atoms with E-state index in [0.29, 0.717) is 17.7 Å². The number of nitrogens with one attached hydrogen (secondary N) is 3. The van der Waals surface area contributed by atoms with Gasteiger partial charge in [-0.2, -0.15) is 13.2 Å². The summed E-state index contributed by atoms with van der Waals surface area (Å²) < 4.78 is 51.0. The quantitative estimate of drug-likeness (QED) is 0.366. The summed E-state index contributed by atoms with van der Waals surface area (Å²) in [5.41, 5.74) is 2.08. The SMILES string of the molecule is O=C(Cc1cccc(F)c1)NCC(=O)NNc1ccc(C(F)(F)F)cc1[N+](=O)[O-]. The zero-order valence-electron chi connectivity index (χ0n) is 14.5. The summed E-state index contributed by atoms with van der Waals surface area (Å²) in [7, 11) is 0. The first-order valence-corrected chi connectivity index (χ1v) is 7.98. The van der Waals surface area contributed by atoms with Crippen LogP contribution in [0.25, 0.3) is 0 Å². The molecule has 3 N–H and O–H groups in total. The number of nitro benzene ring substituents is 1. The van der Waals surface area contributed by atoms with Gasteiger partial charge in [-0.3, -0.25) is 30.6 Å². The van der Waals surface area contributed by atoms with E-state index in [-0.39, 0.29) is 12.1 Å². The van der Waals surface area contributed by atoms with Gasteiger partial charge in [0.25, 0.3) is 11.6 Å². The topological polar surface area (TPSA) is 113 Å². The lowest BCUT2D eigenvalue weighted by atomic mass is 10.1. The summed E-state index contributed by atoms with van der Waals surface area (Å²) in [5.74, 6) is -1.91. The molecule has 0 radical (unpaired) electrons. The summed E-state index contributed by atoms with van der Waals surface area (Å²) in [6.45, 7) is -0.518. The normalized spacial score (nSPS) is 10.9. The summed E-state index contributed by atoms with van der Waals surface area (Å²) in [4.78, 5) is 33.4.